The highest BCUT2D eigenvalue weighted by atomic mass is 16.5. The summed E-state index contributed by atoms with van der Waals surface area (Å²) < 4.78 is 5.24. The minimum Gasteiger partial charge on any atom is -0.339 e. The first-order chi connectivity index (χ1) is 8.75. The number of hydrogen-bond donors (Lipinski definition) is 1. The van der Waals surface area contributed by atoms with Gasteiger partial charge in [-0.25, -0.2) is 0 Å². The fourth-order valence-electron chi connectivity index (χ4n) is 1.69. The molecule has 0 amide bonds. The van der Waals surface area contributed by atoms with Crippen LogP contribution in [0.2, 0.25) is 0 Å². The molecule has 0 fully saturated rings. The molecule has 1 aromatic heterocycles. The molecule has 0 saturated carbocycles. The smallest absolute Gasteiger partial charge is 0.227 e. The normalized spacial score (nSPS) is 11.1. The molecule has 1 aromatic carbocycles. The van der Waals surface area contributed by atoms with Gasteiger partial charge in [0.2, 0.25) is 11.7 Å². The van der Waals surface area contributed by atoms with E-state index in [9.17, 15) is 0 Å². The summed E-state index contributed by atoms with van der Waals surface area (Å²) in [5.74, 6) is 1.38. The molecule has 0 atom stereocenters. The van der Waals surface area contributed by atoms with Crippen LogP contribution in [0.25, 0.3) is 11.4 Å². The highest BCUT2D eigenvalue weighted by Crippen LogP contribution is 2.15. The predicted molar refractivity (Wildman–Crippen MR) is 71.2 cm³/mol. The van der Waals surface area contributed by atoms with Crippen LogP contribution in [0.4, 0.5) is 0 Å². The largest absolute Gasteiger partial charge is 0.339 e. The van der Waals surface area contributed by atoms with Crippen LogP contribution in [0.3, 0.4) is 0 Å². The number of nitrogens with one attached hydrogen (secondary N) is 1. The predicted octanol–water partition coefficient (Wildman–Crippen LogP) is 2.67. The Hall–Kier alpha value is -1.68. The fraction of sp³-hybridized carbons (Fsp3) is 0.429. The Balaban J connectivity index is 1.87. The second kappa shape index (κ2) is 6.31. The quantitative estimate of drug-likeness (QED) is 0.795. The molecule has 0 aliphatic rings. The Morgan fingerprint density at radius 1 is 1.22 bits per heavy atom. The summed E-state index contributed by atoms with van der Waals surface area (Å²) >= 11 is 0. The molecule has 0 bridgehead atoms. The van der Waals surface area contributed by atoms with Gasteiger partial charge in [-0.15, -0.1) is 0 Å². The van der Waals surface area contributed by atoms with Crippen molar-refractivity contribution in [2.24, 2.45) is 0 Å². The molecule has 1 N–H and O–H groups in total. The van der Waals surface area contributed by atoms with E-state index in [2.05, 4.69) is 29.3 Å². The van der Waals surface area contributed by atoms with Gasteiger partial charge in [-0.1, -0.05) is 49.3 Å². The monoisotopic (exact) mass is 245 g/mol. The molecule has 0 aliphatic carbocycles. The second-order valence-electron chi connectivity index (χ2n) is 4.59. The van der Waals surface area contributed by atoms with Crippen molar-refractivity contribution in [1.82, 2.24) is 15.5 Å². The highest BCUT2D eigenvalue weighted by molar-refractivity contribution is 5.53. The van der Waals surface area contributed by atoms with Crippen LogP contribution < -0.4 is 5.32 Å². The molecule has 0 radical (unpaired) electrons. The summed E-state index contributed by atoms with van der Waals surface area (Å²) in [5, 5.41) is 7.36. The first kappa shape index (κ1) is 12.8. The van der Waals surface area contributed by atoms with Crippen LogP contribution in [0.15, 0.2) is 34.9 Å². The third kappa shape index (κ3) is 3.67. The van der Waals surface area contributed by atoms with Gasteiger partial charge >= 0.3 is 0 Å². The van der Waals surface area contributed by atoms with Gasteiger partial charge in [-0.3, -0.25) is 0 Å². The Bertz CT molecular complexity index is 465. The summed E-state index contributed by atoms with van der Waals surface area (Å²) in [6, 6.07) is 10.4. The van der Waals surface area contributed by atoms with Gasteiger partial charge in [-0.2, -0.15) is 4.98 Å². The third-order valence-electron chi connectivity index (χ3n) is 2.62. The summed E-state index contributed by atoms with van der Waals surface area (Å²) in [5.41, 5.74) is 0.993. The first-order valence-electron chi connectivity index (χ1n) is 6.37. The standard InChI is InChI=1S/C14H19N3O/c1-11(2)15-10-6-9-13-16-14(17-18-13)12-7-4-3-5-8-12/h3-5,7-8,11,15H,6,9-10H2,1-2H3. The van der Waals surface area contributed by atoms with Gasteiger partial charge in [0.05, 0.1) is 0 Å². The van der Waals surface area contributed by atoms with Crippen LogP contribution in [0, 0.1) is 0 Å². The van der Waals surface area contributed by atoms with Crippen molar-refractivity contribution >= 4 is 0 Å². The number of rotatable bonds is 6. The molecular weight excluding hydrogens is 226 g/mol. The number of nitrogens with zero attached hydrogens (tertiary/aromatic N) is 2. The zero-order valence-electron chi connectivity index (χ0n) is 10.9. The Kier molecular flexibility index (Phi) is 4.47. The number of benzene rings is 1. The molecule has 2 rings (SSSR count). The lowest BCUT2D eigenvalue weighted by Gasteiger charge is -2.05. The third-order valence-corrected chi connectivity index (χ3v) is 2.62. The lowest BCUT2D eigenvalue weighted by Crippen LogP contribution is -2.23. The Morgan fingerprint density at radius 3 is 2.72 bits per heavy atom. The lowest BCUT2D eigenvalue weighted by atomic mass is 10.2. The van der Waals surface area contributed by atoms with Crippen molar-refractivity contribution in [3.05, 3.63) is 36.2 Å². The van der Waals surface area contributed by atoms with E-state index in [1.807, 2.05) is 30.3 Å². The zero-order chi connectivity index (χ0) is 12.8. The lowest BCUT2D eigenvalue weighted by molar-refractivity contribution is 0.374. The topological polar surface area (TPSA) is 51.0 Å². The van der Waals surface area contributed by atoms with Crippen LogP contribution in [-0.4, -0.2) is 22.7 Å². The zero-order valence-corrected chi connectivity index (χ0v) is 10.9. The summed E-state index contributed by atoms with van der Waals surface area (Å²) in [6.45, 7) is 5.25. The van der Waals surface area contributed by atoms with Crippen molar-refractivity contribution in [1.29, 1.82) is 0 Å². The van der Waals surface area contributed by atoms with Crippen LogP contribution >= 0.6 is 0 Å². The van der Waals surface area contributed by atoms with E-state index in [0.717, 1.165) is 24.9 Å². The van der Waals surface area contributed by atoms with Gasteiger partial charge < -0.3 is 9.84 Å². The van der Waals surface area contributed by atoms with E-state index in [0.29, 0.717) is 17.8 Å². The van der Waals surface area contributed by atoms with Crippen molar-refractivity contribution in [3.8, 4) is 11.4 Å². The summed E-state index contributed by atoms with van der Waals surface area (Å²) in [4.78, 5) is 4.39. The molecule has 4 nitrogen and oxygen atoms in total. The van der Waals surface area contributed by atoms with Crippen LogP contribution in [-0.2, 0) is 6.42 Å². The van der Waals surface area contributed by atoms with Gasteiger partial charge in [0.15, 0.2) is 0 Å². The van der Waals surface area contributed by atoms with E-state index in [4.69, 9.17) is 4.52 Å². The number of aryl methyl sites for hydroxylation is 1. The number of aromatic nitrogens is 2. The van der Waals surface area contributed by atoms with Crippen molar-refractivity contribution in [2.75, 3.05) is 6.54 Å². The van der Waals surface area contributed by atoms with E-state index in [1.165, 1.54) is 0 Å². The maximum atomic E-state index is 5.24. The average Bonchev–Trinajstić information content (AvgIpc) is 2.84. The van der Waals surface area contributed by atoms with Gasteiger partial charge in [0.1, 0.15) is 0 Å². The van der Waals surface area contributed by atoms with Crippen LogP contribution in [0.5, 0.6) is 0 Å². The maximum Gasteiger partial charge on any atom is 0.227 e. The van der Waals surface area contributed by atoms with Crippen molar-refractivity contribution in [2.45, 2.75) is 32.7 Å². The highest BCUT2D eigenvalue weighted by Gasteiger charge is 2.07. The number of hydrogen-bond acceptors (Lipinski definition) is 4. The van der Waals surface area contributed by atoms with E-state index >= 15 is 0 Å². The molecular formula is C14H19N3O. The average molecular weight is 245 g/mol. The molecule has 1 heterocycles. The summed E-state index contributed by atoms with van der Waals surface area (Å²) in [6.07, 6.45) is 1.83. The Morgan fingerprint density at radius 2 is 2.00 bits per heavy atom. The summed E-state index contributed by atoms with van der Waals surface area (Å²) in [7, 11) is 0. The van der Waals surface area contributed by atoms with Gasteiger partial charge in [0, 0.05) is 18.0 Å². The molecule has 2 aromatic rings. The van der Waals surface area contributed by atoms with Crippen molar-refractivity contribution < 1.29 is 4.52 Å². The minimum atomic E-state index is 0.521. The van der Waals surface area contributed by atoms with E-state index in [-0.39, 0.29) is 0 Å². The molecule has 96 valence electrons. The van der Waals surface area contributed by atoms with E-state index < -0.39 is 0 Å². The minimum absolute atomic E-state index is 0.521. The first-order valence-corrected chi connectivity index (χ1v) is 6.37. The van der Waals surface area contributed by atoms with Crippen molar-refractivity contribution in [3.63, 3.8) is 0 Å². The van der Waals surface area contributed by atoms with Gasteiger partial charge in [0.25, 0.3) is 0 Å². The van der Waals surface area contributed by atoms with Gasteiger partial charge in [-0.05, 0) is 13.0 Å². The molecule has 0 spiro atoms. The second-order valence-corrected chi connectivity index (χ2v) is 4.59. The molecule has 18 heavy (non-hydrogen) atoms. The molecule has 0 saturated heterocycles. The maximum absolute atomic E-state index is 5.24. The molecule has 0 unspecified atom stereocenters. The fourth-order valence-corrected chi connectivity index (χ4v) is 1.69. The molecule has 4 heteroatoms. The van der Waals surface area contributed by atoms with Crippen LogP contribution in [0.1, 0.15) is 26.2 Å². The molecule has 0 aliphatic heterocycles. The Labute approximate surface area is 107 Å². The SMILES string of the molecule is CC(C)NCCCc1nc(-c2ccccc2)no1. The van der Waals surface area contributed by atoms with E-state index in [1.54, 1.807) is 0 Å².